The van der Waals surface area contributed by atoms with Crippen LogP contribution in [0.5, 0.6) is 0 Å². The molecule has 0 saturated carbocycles. The molecule has 0 radical (unpaired) electrons. The number of nitrogens with zero attached hydrogens (tertiary/aromatic N) is 2. The number of carbonyl (C=O) groups excluding carboxylic acids is 2. The topological polar surface area (TPSA) is 82.9 Å². The summed E-state index contributed by atoms with van der Waals surface area (Å²) in [5.41, 5.74) is 0.645. The van der Waals surface area contributed by atoms with Crippen LogP contribution in [0, 0.1) is 0 Å². The molecule has 4 rings (SSSR count). The van der Waals surface area contributed by atoms with E-state index in [1.807, 2.05) is 24.3 Å². The van der Waals surface area contributed by atoms with Gasteiger partial charge in [0.2, 0.25) is 5.91 Å². The van der Waals surface area contributed by atoms with Crippen molar-refractivity contribution in [2.24, 2.45) is 10.2 Å². The minimum Gasteiger partial charge on any atom is -0.345 e. The van der Waals surface area contributed by atoms with Crippen LogP contribution in [-0.4, -0.2) is 11.8 Å². The number of rotatable bonds is 0. The van der Waals surface area contributed by atoms with E-state index in [4.69, 9.17) is 0 Å². The molecule has 1 aromatic rings. The van der Waals surface area contributed by atoms with E-state index in [0.29, 0.717) is 11.5 Å². The zero-order valence-corrected chi connectivity index (χ0v) is 9.68. The van der Waals surface area contributed by atoms with Gasteiger partial charge < -0.3 is 10.6 Å². The highest BCUT2D eigenvalue weighted by atomic mass is 16.2. The number of fused-ring (bicyclic) bond motifs is 3. The second-order valence-corrected chi connectivity index (χ2v) is 4.51. The van der Waals surface area contributed by atoms with Gasteiger partial charge in [-0.15, -0.1) is 10.2 Å². The highest BCUT2D eigenvalue weighted by Crippen LogP contribution is 2.47. The van der Waals surface area contributed by atoms with Gasteiger partial charge in [0.1, 0.15) is 5.41 Å². The lowest BCUT2D eigenvalue weighted by atomic mass is 9.73. The number of carbonyl (C=O) groups is 2. The van der Waals surface area contributed by atoms with Crippen LogP contribution >= 0.6 is 0 Å². The summed E-state index contributed by atoms with van der Waals surface area (Å²) in [5.74, 6) is -0.377. The van der Waals surface area contributed by atoms with E-state index in [9.17, 15) is 9.59 Å². The fraction of sp³-hybridized carbons (Fsp3) is 0.0769. The summed E-state index contributed by atoms with van der Waals surface area (Å²) in [5, 5.41) is 13.0. The fourth-order valence-corrected chi connectivity index (χ4v) is 2.77. The lowest BCUT2D eigenvalue weighted by Crippen LogP contribution is -2.40. The summed E-state index contributed by atoms with van der Waals surface area (Å²) in [7, 11) is 0. The molecule has 2 N–H and O–H groups in total. The number of dihydropyridines is 1. The average molecular weight is 252 g/mol. The van der Waals surface area contributed by atoms with E-state index in [1.54, 1.807) is 12.3 Å². The average Bonchev–Trinajstić information content (AvgIpc) is 2.92. The molecular weight excluding hydrogens is 244 g/mol. The lowest BCUT2D eigenvalue weighted by molar-refractivity contribution is -0.121. The first kappa shape index (κ1) is 10.2. The van der Waals surface area contributed by atoms with E-state index in [1.165, 1.54) is 0 Å². The van der Waals surface area contributed by atoms with Crippen LogP contribution in [0.2, 0.25) is 0 Å². The molecule has 0 fully saturated rings. The second-order valence-electron chi connectivity index (χ2n) is 4.51. The van der Waals surface area contributed by atoms with Crippen molar-refractivity contribution in [1.29, 1.82) is 0 Å². The Bertz CT molecular complexity index is 732. The summed E-state index contributed by atoms with van der Waals surface area (Å²) in [6.45, 7) is 0. The van der Waals surface area contributed by atoms with Gasteiger partial charge in [-0.2, -0.15) is 0 Å². The van der Waals surface area contributed by atoms with Crippen molar-refractivity contribution >= 4 is 17.5 Å². The Morgan fingerprint density at radius 3 is 2.84 bits per heavy atom. The first-order valence-electron chi connectivity index (χ1n) is 5.79. The Labute approximate surface area is 107 Å². The van der Waals surface area contributed by atoms with Crippen LogP contribution in [0.3, 0.4) is 0 Å². The molecule has 6 heteroatoms. The fourth-order valence-electron chi connectivity index (χ4n) is 2.77. The molecule has 6 nitrogen and oxygen atoms in total. The summed E-state index contributed by atoms with van der Waals surface area (Å²) in [6.07, 6.45) is 3.30. The molecule has 92 valence electrons. The Kier molecular flexibility index (Phi) is 1.70. The zero-order valence-electron chi connectivity index (χ0n) is 9.68. The molecule has 1 spiro atoms. The van der Waals surface area contributed by atoms with Crippen LogP contribution in [0.25, 0.3) is 0 Å². The van der Waals surface area contributed by atoms with Crippen LogP contribution in [-0.2, 0) is 15.0 Å². The summed E-state index contributed by atoms with van der Waals surface area (Å²) >= 11 is 0. The van der Waals surface area contributed by atoms with E-state index >= 15 is 0 Å². The molecule has 19 heavy (non-hydrogen) atoms. The molecule has 3 aliphatic heterocycles. The molecule has 0 aliphatic carbocycles. The third kappa shape index (κ3) is 1.06. The molecule has 0 bridgehead atoms. The van der Waals surface area contributed by atoms with Gasteiger partial charge in [-0.05, 0) is 17.7 Å². The van der Waals surface area contributed by atoms with Gasteiger partial charge in [0.15, 0.2) is 5.82 Å². The Morgan fingerprint density at radius 2 is 1.95 bits per heavy atom. The predicted molar refractivity (Wildman–Crippen MR) is 65.9 cm³/mol. The number of amides is 2. The van der Waals surface area contributed by atoms with Crippen molar-refractivity contribution in [3.05, 3.63) is 53.5 Å². The normalized spacial score (nSPS) is 26.5. The van der Waals surface area contributed by atoms with E-state index < -0.39 is 11.3 Å². The van der Waals surface area contributed by atoms with Crippen LogP contribution < -0.4 is 10.6 Å². The molecule has 0 saturated heterocycles. The van der Waals surface area contributed by atoms with Gasteiger partial charge >= 0.3 is 0 Å². The summed E-state index contributed by atoms with van der Waals surface area (Å²) in [4.78, 5) is 24.4. The Morgan fingerprint density at radius 1 is 1.11 bits per heavy atom. The first-order valence-corrected chi connectivity index (χ1v) is 5.79. The number of hydrogen-bond donors (Lipinski definition) is 2. The first-order chi connectivity index (χ1) is 9.23. The monoisotopic (exact) mass is 252 g/mol. The molecule has 0 aromatic heterocycles. The smallest absolute Gasteiger partial charge is 0.297 e. The second kappa shape index (κ2) is 3.17. The molecule has 3 aliphatic rings. The van der Waals surface area contributed by atoms with E-state index in [2.05, 4.69) is 20.9 Å². The highest BCUT2D eigenvalue weighted by molar-refractivity contribution is 6.17. The highest BCUT2D eigenvalue weighted by Gasteiger charge is 2.54. The number of hydrogen-bond acceptors (Lipinski definition) is 4. The molecule has 3 heterocycles. The summed E-state index contributed by atoms with van der Waals surface area (Å²) in [6, 6.07) is 7.32. The molecule has 1 aromatic carbocycles. The number of benzene rings is 1. The standard InChI is InChI=1S/C13H8N4O2/c18-11-9-10(16-17-11)14-6-5-13(9)7-3-1-2-4-8(7)15-12(13)19/h1-6,14H,(H,15,19). The molecule has 1 unspecified atom stereocenters. The van der Waals surface area contributed by atoms with Crippen molar-refractivity contribution in [1.82, 2.24) is 5.32 Å². The maximum Gasteiger partial charge on any atom is 0.297 e. The van der Waals surface area contributed by atoms with Crippen molar-refractivity contribution in [3.8, 4) is 0 Å². The Hall–Kier alpha value is -2.76. The van der Waals surface area contributed by atoms with Crippen molar-refractivity contribution in [2.75, 3.05) is 5.32 Å². The maximum atomic E-state index is 12.4. The van der Waals surface area contributed by atoms with Gasteiger partial charge in [0.25, 0.3) is 5.91 Å². The van der Waals surface area contributed by atoms with E-state index in [-0.39, 0.29) is 11.5 Å². The van der Waals surface area contributed by atoms with Gasteiger partial charge in [0, 0.05) is 11.9 Å². The lowest BCUT2D eigenvalue weighted by Gasteiger charge is -2.27. The molecular formula is C13H8N4O2. The molecule has 2 amide bonds. The van der Waals surface area contributed by atoms with Gasteiger partial charge in [-0.3, -0.25) is 9.59 Å². The van der Waals surface area contributed by atoms with Crippen molar-refractivity contribution < 1.29 is 9.59 Å². The van der Waals surface area contributed by atoms with Crippen LogP contribution in [0.4, 0.5) is 5.69 Å². The number of anilines is 1. The van der Waals surface area contributed by atoms with Gasteiger partial charge in [0.05, 0.1) is 5.57 Å². The van der Waals surface area contributed by atoms with Gasteiger partial charge in [-0.25, -0.2) is 0 Å². The minimum absolute atomic E-state index is 0.250. The van der Waals surface area contributed by atoms with Crippen molar-refractivity contribution in [3.63, 3.8) is 0 Å². The Balaban J connectivity index is 2.04. The minimum atomic E-state index is -1.11. The van der Waals surface area contributed by atoms with Crippen LogP contribution in [0.15, 0.2) is 58.2 Å². The largest absolute Gasteiger partial charge is 0.345 e. The predicted octanol–water partition coefficient (Wildman–Crippen LogP) is 1.20. The van der Waals surface area contributed by atoms with Crippen LogP contribution in [0.1, 0.15) is 5.56 Å². The number of azo groups is 1. The SMILES string of the molecule is O=C1N=NC2=C1C1(C=CN2)C(=O)Nc2ccccc21. The number of nitrogens with one attached hydrogen (secondary N) is 2. The van der Waals surface area contributed by atoms with Crippen molar-refractivity contribution in [2.45, 2.75) is 5.41 Å². The summed E-state index contributed by atoms with van der Waals surface area (Å²) < 4.78 is 0. The van der Waals surface area contributed by atoms with E-state index in [0.717, 1.165) is 5.56 Å². The quantitative estimate of drug-likeness (QED) is 0.727. The van der Waals surface area contributed by atoms with Gasteiger partial charge in [-0.1, -0.05) is 18.2 Å². The molecule has 1 atom stereocenters. The maximum absolute atomic E-state index is 12.4. The third-order valence-electron chi connectivity index (χ3n) is 3.60. The number of para-hydroxylation sites is 1. The zero-order chi connectivity index (χ0) is 13.0. The third-order valence-corrected chi connectivity index (χ3v) is 3.60.